The van der Waals surface area contributed by atoms with Crippen LogP contribution < -0.4 is 0 Å². The third-order valence-electron chi connectivity index (χ3n) is 3.13. The summed E-state index contributed by atoms with van der Waals surface area (Å²) in [6.07, 6.45) is 0. The number of benzene rings is 3. The highest BCUT2D eigenvalue weighted by molar-refractivity contribution is 7.80. The zero-order chi connectivity index (χ0) is 11.1. The Morgan fingerprint density at radius 2 is 1.62 bits per heavy atom. The fourth-order valence-corrected chi connectivity index (χ4v) is 2.74. The highest BCUT2D eigenvalue weighted by Crippen LogP contribution is 2.31. The fraction of sp³-hybridized carbons (Fsp3) is 0.0667. The second-order valence-electron chi connectivity index (χ2n) is 4.10. The predicted octanol–water partition coefficient (Wildman–Crippen LogP) is 4.59. The van der Waals surface area contributed by atoms with Crippen LogP contribution in [0.5, 0.6) is 0 Å². The van der Waals surface area contributed by atoms with Crippen LogP contribution in [0, 0.1) is 6.92 Å². The average Bonchev–Trinajstić information content (AvgIpc) is 2.29. The molecule has 0 aliphatic rings. The summed E-state index contributed by atoms with van der Waals surface area (Å²) in [6, 6.07) is 17.0. The SMILES string of the molecule is Cc1c2ccccc2cc2cccc(S)c12. The quantitative estimate of drug-likeness (QED) is 0.419. The monoisotopic (exact) mass is 224 g/mol. The van der Waals surface area contributed by atoms with E-state index in [9.17, 15) is 0 Å². The minimum Gasteiger partial charge on any atom is -0.143 e. The Bertz CT molecular complexity index is 683. The van der Waals surface area contributed by atoms with E-state index >= 15 is 0 Å². The Morgan fingerprint density at radius 3 is 2.50 bits per heavy atom. The highest BCUT2D eigenvalue weighted by Gasteiger charge is 2.05. The summed E-state index contributed by atoms with van der Waals surface area (Å²) in [6.45, 7) is 2.17. The minimum absolute atomic E-state index is 1.06. The fourth-order valence-electron chi connectivity index (χ4n) is 2.35. The lowest BCUT2D eigenvalue weighted by Gasteiger charge is -2.09. The van der Waals surface area contributed by atoms with Crippen LogP contribution in [0.15, 0.2) is 53.4 Å². The summed E-state index contributed by atoms with van der Waals surface area (Å²) in [5.41, 5.74) is 1.32. The molecule has 0 amide bonds. The Hall–Kier alpha value is -1.47. The number of aryl methyl sites for hydroxylation is 1. The average molecular weight is 224 g/mol. The first-order valence-electron chi connectivity index (χ1n) is 5.37. The molecule has 0 aliphatic heterocycles. The molecule has 78 valence electrons. The van der Waals surface area contributed by atoms with Crippen LogP contribution in [0.25, 0.3) is 21.5 Å². The van der Waals surface area contributed by atoms with Crippen LogP contribution in [0.2, 0.25) is 0 Å². The smallest absolute Gasteiger partial charge is 0.0121 e. The van der Waals surface area contributed by atoms with E-state index in [1.54, 1.807) is 0 Å². The molecule has 0 spiro atoms. The number of fused-ring (bicyclic) bond motifs is 2. The Balaban J connectivity index is 2.62. The van der Waals surface area contributed by atoms with Crippen LogP contribution in [0.4, 0.5) is 0 Å². The molecule has 0 saturated heterocycles. The van der Waals surface area contributed by atoms with Gasteiger partial charge in [-0.05, 0) is 46.2 Å². The van der Waals surface area contributed by atoms with E-state index in [2.05, 4.69) is 62.0 Å². The molecular formula is C15H12S. The molecule has 3 rings (SSSR count). The lowest BCUT2D eigenvalue weighted by atomic mass is 9.98. The number of hydrogen-bond acceptors (Lipinski definition) is 1. The molecule has 3 aromatic carbocycles. The molecule has 0 bridgehead atoms. The number of thiol groups is 1. The molecule has 16 heavy (non-hydrogen) atoms. The third-order valence-corrected chi connectivity index (χ3v) is 3.50. The molecule has 0 aromatic heterocycles. The molecule has 0 radical (unpaired) electrons. The molecule has 0 fully saturated rings. The van der Waals surface area contributed by atoms with E-state index in [0.29, 0.717) is 0 Å². The zero-order valence-corrected chi connectivity index (χ0v) is 9.96. The summed E-state index contributed by atoms with van der Waals surface area (Å²) in [5.74, 6) is 0. The summed E-state index contributed by atoms with van der Waals surface area (Å²) in [5, 5.41) is 5.15. The second-order valence-corrected chi connectivity index (χ2v) is 4.58. The van der Waals surface area contributed by atoms with E-state index in [-0.39, 0.29) is 0 Å². The van der Waals surface area contributed by atoms with Crippen molar-refractivity contribution in [1.82, 2.24) is 0 Å². The van der Waals surface area contributed by atoms with Crippen molar-refractivity contribution in [1.29, 1.82) is 0 Å². The first kappa shape index (κ1) is 9.73. The molecule has 0 nitrogen and oxygen atoms in total. The molecule has 0 unspecified atom stereocenters. The van der Waals surface area contributed by atoms with Crippen molar-refractivity contribution in [3.63, 3.8) is 0 Å². The van der Waals surface area contributed by atoms with E-state index in [1.165, 1.54) is 27.1 Å². The van der Waals surface area contributed by atoms with Crippen LogP contribution in [0.1, 0.15) is 5.56 Å². The zero-order valence-electron chi connectivity index (χ0n) is 9.07. The molecule has 0 atom stereocenters. The van der Waals surface area contributed by atoms with Crippen molar-refractivity contribution in [2.45, 2.75) is 11.8 Å². The predicted molar refractivity (Wildman–Crippen MR) is 73.4 cm³/mol. The van der Waals surface area contributed by atoms with Gasteiger partial charge in [0, 0.05) is 4.90 Å². The van der Waals surface area contributed by atoms with Gasteiger partial charge in [0.25, 0.3) is 0 Å². The second kappa shape index (κ2) is 3.53. The molecular weight excluding hydrogens is 212 g/mol. The lowest BCUT2D eigenvalue weighted by molar-refractivity contribution is 1.49. The summed E-state index contributed by atoms with van der Waals surface area (Å²) in [7, 11) is 0. The summed E-state index contributed by atoms with van der Waals surface area (Å²) >= 11 is 4.55. The standard InChI is InChI=1S/C15H12S/c1-10-13-7-3-2-5-11(13)9-12-6-4-8-14(16)15(10)12/h2-9,16H,1H3. The van der Waals surface area contributed by atoms with Crippen LogP contribution in [0.3, 0.4) is 0 Å². The topological polar surface area (TPSA) is 0 Å². The van der Waals surface area contributed by atoms with Gasteiger partial charge in [0.1, 0.15) is 0 Å². The number of rotatable bonds is 0. The Morgan fingerprint density at radius 1 is 0.875 bits per heavy atom. The van der Waals surface area contributed by atoms with Crippen molar-refractivity contribution in [3.8, 4) is 0 Å². The molecule has 0 aliphatic carbocycles. The van der Waals surface area contributed by atoms with Gasteiger partial charge in [0.15, 0.2) is 0 Å². The van der Waals surface area contributed by atoms with Crippen LogP contribution >= 0.6 is 12.6 Å². The van der Waals surface area contributed by atoms with Gasteiger partial charge in [0.2, 0.25) is 0 Å². The maximum absolute atomic E-state index is 4.55. The van der Waals surface area contributed by atoms with Gasteiger partial charge in [-0.1, -0.05) is 36.4 Å². The molecule has 0 heterocycles. The van der Waals surface area contributed by atoms with E-state index in [0.717, 1.165) is 4.90 Å². The highest BCUT2D eigenvalue weighted by atomic mass is 32.1. The lowest BCUT2D eigenvalue weighted by Crippen LogP contribution is -1.84. The third kappa shape index (κ3) is 1.32. The Labute approximate surface area is 100 Å². The van der Waals surface area contributed by atoms with Crippen molar-refractivity contribution < 1.29 is 0 Å². The van der Waals surface area contributed by atoms with Crippen molar-refractivity contribution >= 4 is 34.2 Å². The normalized spacial score (nSPS) is 11.1. The van der Waals surface area contributed by atoms with Gasteiger partial charge < -0.3 is 0 Å². The van der Waals surface area contributed by atoms with E-state index < -0.39 is 0 Å². The maximum Gasteiger partial charge on any atom is 0.0121 e. The first-order chi connectivity index (χ1) is 7.77. The van der Waals surface area contributed by atoms with Crippen molar-refractivity contribution in [2.24, 2.45) is 0 Å². The Kier molecular flexibility index (Phi) is 2.15. The van der Waals surface area contributed by atoms with Gasteiger partial charge in [-0.2, -0.15) is 0 Å². The number of hydrogen-bond donors (Lipinski definition) is 1. The maximum atomic E-state index is 4.55. The summed E-state index contributed by atoms with van der Waals surface area (Å²) < 4.78 is 0. The van der Waals surface area contributed by atoms with Gasteiger partial charge in [-0.15, -0.1) is 12.6 Å². The van der Waals surface area contributed by atoms with Gasteiger partial charge in [-0.3, -0.25) is 0 Å². The first-order valence-corrected chi connectivity index (χ1v) is 5.82. The summed E-state index contributed by atoms with van der Waals surface area (Å²) in [4.78, 5) is 1.06. The minimum atomic E-state index is 1.06. The van der Waals surface area contributed by atoms with Crippen molar-refractivity contribution in [3.05, 3.63) is 54.1 Å². The van der Waals surface area contributed by atoms with Crippen LogP contribution in [-0.2, 0) is 0 Å². The van der Waals surface area contributed by atoms with E-state index in [1.807, 2.05) is 6.07 Å². The van der Waals surface area contributed by atoms with Crippen LogP contribution in [-0.4, -0.2) is 0 Å². The molecule has 0 saturated carbocycles. The van der Waals surface area contributed by atoms with Gasteiger partial charge >= 0.3 is 0 Å². The molecule has 3 aromatic rings. The molecule has 0 N–H and O–H groups in total. The van der Waals surface area contributed by atoms with E-state index in [4.69, 9.17) is 0 Å². The van der Waals surface area contributed by atoms with Gasteiger partial charge in [-0.25, -0.2) is 0 Å². The van der Waals surface area contributed by atoms with Gasteiger partial charge in [0.05, 0.1) is 0 Å². The van der Waals surface area contributed by atoms with Crippen molar-refractivity contribution in [2.75, 3.05) is 0 Å². The molecule has 1 heteroatoms. The largest absolute Gasteiger partial charge is 0.143 e.